The normalized spacial score (nSPS) is 15.9. The van der Waals surface area contributed by atoms with Crippen molar-refractivity contribution >= 4 is 11.6 Å². The Bertz CT molecular complexity index is 864. The number of aryl methyl sites for hydroxylation is 1. The van der Waals surface area contributed by atoms with Crippen molar-refractivity contribution in [3.8, 4) is 5.88 Å². The van der Waals surface area contributed by atoms with Crippen LogP contribution in [0.25, 0.3) is 0 Å². The van der Waals surface area contributed by atoms with Crippen LogP contribution < -0.4 is 15.6 Å². The monoisotopic (exact) mass is 344 g/mol. The van der Waals surface area contributed by atoms with Gasteiger partial charge in [-0.3, -0.25) is 19.7 Å². The Morgan fingerprint density at radius 1 is 1.44 bits per heavy atom. The van der Waals surface area contributed by atoms with E-state index in [1.807, 2.05) is 24.3 Å². The molecule has 2 aromatic rings. The molecule has 1 aromatic carbocycles. The fraction of sp³-hybridized carbons (Fsp3) is 0.312. The van der Waals surface area contributed by atoms with Crippen molar-refractivity contribution in [3.63, 3.8) is 0 Å². The Morgan fingerprint density at radius 2 is 2.24 bits per heavy atom. The van der Waals surface area contributed by atoms with E-state index in [1.165, 1.54) is 5.56 Å². The fourth-order valence-corrected chi connectivity index (χ4v) is 2.92. The molecular weight excluding hydrogens is 328 g/mol. The van der Waals surface area contributed by atoms with Crippen LogP contribution in [0.2, 0.25) is 0 Å². The predicted octanol–water partition coefficient (Wildman–Crippen LogP) is 1.25. The molecule has 1 atom stereocenters. The summed E-state index contributed by atoms with van der Waals surface area (Å²) in [6, 6.07) is 7.77. The van der Waals surface area contributed by atoms with Crippen LogP contribution in [0.15, 0.2) is 35.4 Å². The Balaban J connectivity index is 1.66. The number of nitrogens with zero attached hydrogens (tertiary/aromatic N) is 2. The lowest BCUT2D eigenvalue weighted by molar-refractivity contribution is -0.387. The predicted molar refractivity (Wildman–Crippen MR) is 87.3 cm³/mol. The van der Waals surface area contributed by atoms with Crippen molar-refractivity contribution in [2.45, 2.75) is 25.3 Å². The van der Waals surface area contributed by atoms with Crippen LogP contribution in [0.4, 0.5) is 5.69 Å². The number of carbonyl (C=O) groups is 1. The first-order chi connectivity index (χ1) is 12.1. The van der Waals surface area contributed by atoms with Gasteiger partial charge in [0.15, 0.2) is 6.61 Å². The molecule has 25 heavy (non-hydrogen) atoms. The first-order valence-corrected chi connectivity index (χ1v) is 7.78. The number of hydrogen-bond acceptors (Lipinski definition) is 6. The van der Waals surface area contributed by atoms with Gasteiger partial charge in [-0.1, -0.05) is 24.3 Å². The van der Waals surface area contributed by atoms with Gasteiger partial charge in [-0.2, -0.15) is 4.98 Å². The van der Waals surface area contributed by atoms with E-state index in [0.29, 0.717) is 0 Å². The third-order valence-electron chi connectivity index (χ3n) is 4.02. The third-order valence-corrected chi connectivity index (χ3v) is 4.02. The summed E-state index contributed by atoms with van der Waals surface area (Å²) in [5, 5.41) is 13.8. The van der Waals surface area contributed by atoms with Gasteiger partial charge in [-0.05, 0) is 30.4 Å². The van der Waals surface area contributed by atoms with Crippen LogP contribution in [-0.4, -0.2) is 27.4 Å². The topological polar surface area (TPSA) is 127 Å². The van der Waals surface area contributed by atoms with E-state index in [4.69, 9.17) is 4.74 Å². The van der Waals surface area contributed by atoms with Crippen molar-refractivity contribution in [1.29, 1.82) is 0 Å². The van der Waals surface area contributed by atoms with Crippen molar-refractivity contribution in [2.24, 2.45) is 0 Å². The zero-order valence-electron chi connectivity index (χ0n) is 13.2. The SMILES string of the molecule is O=C(COc1nc[nH]c(=O)c1[N+](=O)[O-])N[C@@H]1CCCc2ccccc21. The third kappa shape index (κ3) is 3.65. The number of ether oxygens (including phenoxy) is 1. The van der Waals surface area contributed by atoms with Crippen LogP contribution in [0.3, 0.4) is 0 Å². The number of nitrogens with one attached hydrogen (secondary N) is 2. The molecule has 0 bridgehead atoms. The number of fused-ring (bicyclic) bond motifs is 1. The molecule has 0 radical (unpaired) electrons. The minimum atomic E-state index is -0.934. The molecule has 9 nitrogen and oxygen atoms in total. The van der Waals surface area contributed by atoms with Crippen molar-refractivity contribution in [1.82, 2.24) is 15.3 Å². The number of aromatic amines is 1. The molecule has 1 amide bonds. The molecule has 0 saturated heterocycles. The summed E-state index contributed by atoms with van der Waals surface area (Å²) in [4.78, 5) is 39.3. The Kier molecular flexibility index (Phi) is 4.73. The summed E-state index contributed by atoms with van der Waals surface area (Å²) >= 11 is 0. The summed E-state index contributed by atoms with van der Waals surface area (Å²) < 4.78 is 5.09. The zero-order chi connectivity index (χ0) is 17.8. The van der Waals surface area contributed by atoms with Gasteiger partial charge in [0.2, 0.25) is 0 Å². The minimum absolute atomic E-state index is 0.122. The van der Waals surface area contributed by atoms with Gasteiger partial charge in [-0.25, -0.2) is 0 Å². The molecule has 0 spiro atoms. The highest BCUT2D eigenvalue weighted by molar-refractivity contribution is 5.78. The summed E-state index contributed by atoms with van der Waals surface area (Å²) in [6.07, 6.45) is 3.73. The van der Waals surface area contributed by atoms with Crippen LogP contribution >= 0.6 is 0 Å². The zero-order valence-corrected chi connectivity index (χ0v) is 13.2. The molecule has 130 valence electrons. The molecule has 1 aromatic heterocycles. The number of carbonyl (C=O) groups excluding carboxylic acids is 1. The van der Waals surface area contributed by atoms with Crippen molar-refractivity contribution in [3.05, 3.63) is 62.2 Å². The highest BCUT2D eigenvalue weighted by Crippen LogP contribution is 2.29. The van der Waals surface area contributed by atoms with E-state index in [2.05, 4.69) is 15.3 Å². The number of aromatic nitrogens is 2. The van der Waals surface area contributed by atoms with Crippen LogP contribution in [-0.2, 0) is 11.2 Å². The number of benzene rings is 1. The summed E-state index contributed by atoms with van der Waals surface area (Å²) in [6.45, 7) is -0.462. The Morgan fingerprint density at radius 3 is 3.04 bits per heavy atom. The van der Waals surface area contributed by atoms with Gasteiger partial charge in [-0.15, -0.1) is 0 Å². The number of rotatable bonds is 5. The fourth-order valence-electron chi connectivity index (χ4n) is 2.92. The standard InChI is InChI=1S/C16H16N4O5/c21-13(8-25-16-14(20(23)24)15(22)17-9-18-16)19-12-7-3-5-10-4-1-2-6-11(10)12/h1-2,4,6,9,12H,3,5,7-8H2,(H,19,21)(H,17,18,22)/t12-/m1/s1. The highest BCUT2D eigenvalue weighted by Gasteiger charge is 2.24. The van der Waals surface area contributed by atoms with E-state index in [1.54, 1.807) is 0 Å². The van der Waals surface area contributed by atoms with E-state index in [0.717, 1.165) is 31.2 Å². The Hall–Kier alpha value is -3.23. The summed E-state index contributed by atoms with van der Waals surface area (Å²) in [7, 11) is 0. The lowest BCUT2D eigenvalue weighted by Crippen LogP contribution is -2.34. The summed E-state index contributed by atoms with van der Waals surface area (Å²) in [5.74, 6) is -0.911. The van der Waals surface area contributed by atoms with Gasteiger partial charge in [0.25, 0.3) is 5.91 Å². The second-order valence-electron chi connectivity index (χ2n) is 5.64. The Labute approximate surface area is 142 Å². The van der Waals surface area contributed by atoms with Gasteiger partial charge >= 0.3 is 17.1 Å². The van der Waals surface area contributed by atoms with Crippen molar-refractivity contribution in [2.75, 3.05) is 6.61 Å². The molecule has 2 N–H and O–H groups in total. The molecule has 0 fully saturated rings. The number of amides is 1. The maximum absolute atomic E-state index is 12.1. The molecule has 0 unspecified atom stereocenters. The molecular formula is C16H16N4O5. The second-order valence-corrected chi connectivity index (χ2v) is 5.64. The number of H-pyrrole nitrogens is 1. The maximum atomic E-state index is 12.1. The number of nitro groups is 1. The van der Waals surface area contributed by atoms with Crippen LogP contribution in [0.5, 0.6) is 5.88 Å². The lowest BCUT2D eigenvalue weighted by Gasteiger charge is -2.26. The van der Waals surface area contributed by atoms with E-state index < -0.39 is 34.6 Å². The molecule has 0 aliphatic heterocycles. The average molecular weight is 344 g/mol. The first-order valence-electron chi connectivity index (χ1n) is 7.78. The number of hydrogen-bond donors (Lipinski definition) is 2. The van der Waals surface area contributed by atoms with Crippen LogP contribution in [0, 0.1) is 10.1 Å². The molecule has 1 aliphatic carbocycles. The van der Waals surface area contributed by atoms with E-state index in [9.17, 15) is 19.7 Å². The summed E-state index contributed by atoms with van der Waals surface area (Å²) in [5.41, 5.74) is 0.518. The average Bonchev–Trinajstić information content (AvgIpc) is 2.60. The van der Waals surface area contributed by atoms with Crippen molar-refractivity contribution < 1.29 is 14.5 Å². The van der Waals surface area contributed by atoms with Gasteiger partial charge in [0, 0.05) is 0 Å². The molecule has 3 rings (SSSR count). The van der Waals surface area contributed by atoms with Crippen LogP contribution in [0.1, 0.15) is 30.0 Å². The molecule has 0 saturated carbocycles. The first kappa shape index (κ1) is 16.6. The second kappa shape index (κ2) is 7.12. The lowest BCUT2D eigenvalue weighted by atomic mass is 9.88. The molecule has 1 aliphatic rings. The van der Waals surface area contributed by atoms with E-state index in [-0.39, 0.29) is 6.04 Å². The maximum Gasteiger partial charge on any atom is 0.395 e. The largest absolute Gasteiger partial charge is 0.463 e. The minimum Gasteiger partial charge on any atom is -0.463 e. The quantitative estimate of drug-likeness (QED) is 0.621. The molecule has 1 heterocycles. The van der Waals surface area contributed by atoms with E-state index >= 15 is 0 Å². The van der Waals surface area contributed by atoms with Gasteiger partial charge in [0.05, 0.1) is 17.3 Å². The highest BCUT2D eigenvalue weighted by atomic mass is 16.6. The molecule has 9 heteroatoms. The smallest absolute Gasteiger partial charge is 0.395 e. The van der Waals surface area contributed by atoms with Gasteiger partial charge < -0.3 is 15.0 Å². The van der Waals surface area contributed by atoms with Gasteiger partial charge in [0.1, 0.15) is 0 Å².